The van der Waals surface area contributed by atoms with E-state index < -0.39 is 0 Å². The molecule has 1 aromatic carbocycles. The lowest BCUT2D eigenvalue weighted by molar-refractivity contribution is -0.123. The Balaban J connectivity index is 1.36. The lowest BCUT2D eigenvalue weighted by Crippen LogP contribution is -2.35. The van der Waals surface area contributed by atoms with Crippen molar-refractivity contribution in [1.82, 2.24) is 5.32 Å². The van der Waals surface area contributed by atoms with Crippen LogP contribution in [-0.2, 0) is 21.6 Å². The number of rotatable bonds is 8. The van der Waals surface area contributed by atoms with Crippen molar-refractivity contribution in [2.45, 2.75) is 31.3 Å². The zero-order valence-electron chi connectivity index (χ0n) is 12.6. The SMILES string of the molecule is O=C(NCCCOCc1ccco1)C1(c2ccccc2)CC1. The number of hydrogen-bond acceptors (Lipinski definition) is 3. The van der Waals surface area contributed by atoms with Crippen LogP contribution in [0.4, 0.5) is 0 Å². The third-order valence-corrected chi connectivity index (χ3v) is 4.09. The van der Waals surface area contributed by atoms with Gasteiger partial charge in [-0.3, -0.25) is 4.79 Å². The second-order valence-corrected chi connectivity index (χ2v) is 5.69. The fourth-order valence-electron chi connectivity index (χ4n) is 2.64. The maximum atomic E-state index is 12.4. The number of hydrogen-bond donors (Lipinski definition) is 1. The molecular weight excluding hydrogens is 278 g/mol. The molecule has 0 bridgehead atoms. The third-order valence-electron chi connectivity index (χ3n) is 4.09. The molecule has 1 N–H and O–H groups in total. The molecule has 1 heterocycles. The number of benzene rings is 1. The van der Waals surface area contributed by atoms with Gasteiger partial charge in [-0.25, -0.2) is 0 Å². The summed E-state index contributed by atoms with van der Waals surface area (Å²) in [5, 5.41) is 3.04. The van der Waals surface area contributed by atoms with Crippen LogP contribution in [0.3, 0.4) is 0 Å². The lowest BCUT2D eigenvalue weighted by atomic mass is 9.95. The maximum absolute atomic E-state index is 12.4. The molecule has 1 aliphatic carbocycles. The predicted octanol–water partition coefficient (Wildman–Crippen LogP) is 3.03. The largest absolute Gasteiger partial charge is 0.467 e. The van der Waals surface area contributed by atoms with E-state index in [1.807, 2.05) is 42.5 Å². The van der Waals surface area contributed by atoms with Crippen LogP contribution in [-0.4, -0.2) is 19.1 Å². The van der Waals surface area contributed by atoms with Gasteiger partial charge in [-0.15, -0.1) is 0 Å². The molecule has 0 saturated heterocycles. The summed E-state index contributed by atoms with van der Waals surface area (Å²) in [6, 6.07) is 13.8. The van der Waals surface area contributed by atoms with E-state index in [1.54, 1.807) is 6.26 Å². The monoisotopic (exact) mass is 299 g/mol. The van der Waals surface area contributed by atoms with E-state index in [-0.39, 0.29) is 11.3 Å². The van der Waals surface area contributed by atoms with Gasteiger partial charge < -0.3 is 14.5 Å². The van der Waals surface area contributed by atoms with Crippen LogP contribution < -0.4 is 5.32 Å². The fourth-order valence-corrected chi connectivity index (χ4v) is 2.64. The van der Waals surface area contributed by atoms with E-state index in [4.69, 9.17) is 9.15 Å². The highest BCUT2D eigenvalue weighted by molar-refractivity contribution is 5.91. The van der Waals surface area contributed by atoms with E-state index in [9.17, 15) is 4.79 Å². The van der Waals surface area contributed by atoms with Crippen molar-refractivity contribution in [2.75, 3.05) is 13.2 Å². The lowest BCUT2D eigenvalue weighted by Gasteiger charge is -2.15. The number of ether oxygens (including phenoxy) is 1. The number of furan rings is 1. The molecule has 1 aromatic heterocycles. The Hall–Kier alpha value is -2.07. The molecule has 1 amide bonds. The van der Waals surface area contributed by atoms with Crippen LogP contribution in [0.2, 0.25) is 0 Å². The molecular formula is C18H21NO3. The summed E-state index contributed by atoms with van der Waals surface area (Å²) in [6.07, 6.45) is 4.32. The smallest absolute Gasteiger partial charge is 0.230 e. The van der Waals surface area contributed by atoms with Crippen molar-refractivity contribution in [3.63, 3.8) is 0 Å². The predicted molar refractivity (Wildman–Crippen MR) is 83.3 cm³/mol. The summed E-state index contributed by atoms with van der Waals surface area (Å²) in [5.74, 6) is 0.967. The minimum atomic E-state index is -0.281. The molecule has 1 aliphatic rings. The Kier molecular flexibility index (Phi) is 4.59. The molecule has 0 atom stereocenters. The van der Waals surface area contributed by atoms with Crippen molar-refractivity contribution < 1.29 is 13.9 Å². The van der Waals surface area contributed by atoms with Gasteiger partial charge in [0, 0.05) is 13.2 Å². The molecule has 4 nitrogen and oxygen atoms in total. The van der Waals surface area contributed by atoms with Gasteiger partial charge in [-0.1, -0.05) is 30.3 Å². The molecule has 0 unspecified atom stereocenters. The van der Waals surface area contributed by atoms with Crippen molar-refractivity contribution >= 4 is 5.91 Å². The molecule has 0 aliphatic heterocycles. The summed E-state index contributed by atoms with van der Waals surface area (Å²) in [7, 11) is 0. The maximum Gasteiger partial charge on any atom is 0.230 e. The van der Waals surface area contributed by atoms with E-state index in [0.29, 0.717) is 19.8 Å². The first-order valence-corrected chi connectivity index (χ1v) is 7.75. The number of carbonyl (C=O) groups is 1. The first-order chi connectivity index (χ1) is 10.8. The van der Waals surface area contributed by atoms with Crippen molar-refractivity contribution in [3.05, 3.63) is 60.1 Å². The van der Waals surface area contributed by atoms with Gasteiger partial charge in [0.25, 0.3) is 0 Å². The van der Waals surface area contributed by atoms with Crippen LogP contribution in [0.1, 0.15) is 30.6 Å². The Labute approximate surface area is 130 Å². The minimum Gasteiger partial charge on any atom is -0.467 e. The van der Waals surface area contributed by atoms with Gasteiger partial charge in [0.05, 0.1) is 11.7 Å². The Morgan fingerprint density at radius 2 is 2.00 bits per heavy atom. The Morgan fingerprint density at radius 3 is 2.68 bits per heavy atom. The normalized spacial score (nSPS) is 15.5. The topological polar surface area (TPSA) is 51.5 Å². The molecule has 1 saturated carbocycles. The number of carbonyl (C=O) groups excluding carboxylic acids is 1. The minimum absolute atomic E-state index is 0.143. The van der Waals surface area contributed by atoms with Crippen LogP contribution in [0.5, 0.6) is 0 Å². The summed E-state index contributed by atoms with van der Waals surface area (Å²) in [6.45, 7) is 1.74. The molecule has 1 fully saturated rings. The second kappa shape index (κ2) is 6.79. The average molecular weight is 299 g/mol. The zero-order chi connectivity index (χ0) is 15.3. The van der Waals surface area contributed by atoms with Gasteiger partial charge in [0.15, 0.2) is 0 Å². The Bertz CT molecular complexity index is 588. The molecule has 22 heavy (non-hydrogen) atoms. The third kappa shape index (κ3) is 3.39. The van der Waals surface area contributed by atoms with Gasteiger partial charge in [0.2, 0.25) is 5.91 Å². The first-order valence-electron chi connectivity index (χ1n) is 7.75. The second-order valence-electron chi connectivity index (χ2n) is 5.69. The fraction of sp³-hybridized carbons (Fsp3) is 0.389. The van der Waals surface area contributed by atoms with Crippen LogP contribution in [0, 0.1) is 0 Å². The molecule has 0 spiro atoms. The number of nitrogens with one attached hydrogen (secondary N) is 1. The van der Waals surface area contributed by atoms with Crippen molar-refractivity contribution in [1.29, 1.82) is 0 Å². The molecule has 4 heteroatoms. The molecule has 2 aromatic rings. The average Bonchev–Trinajstić information content (AvgIpc) is 3.21. The summed E-state index contributed by atoms with van der Waals surface area (Å²) >= 11 is 0. The van der Waals surface area contributed by atoms with Crippen molar-refractivity contribution in [2.24, 2.45) is 0 Å². The van der Waals surface area contributed by atoms with Gasteiger partial charge >= 0.3 is 0 Å². The zero-order valence-corrected chi connectivity index (χ0v) is 12.6. The number of amides is 1. The summed E-state index contributed by atoms with van der Waals surface area (Å²) in [4.78, 5) is 12.4. The standard InChI is InChI=1S/C18H21NO3/c20-17(18(9-10-18)15-6-2-1-3-7-15)19-11-5-12-21-14-16-8-4-13-22-16/h1-4,6-8,13H,5,9-12,14H2,(H,19,20). The quantitative estimate of drug-likeness (QED) is 0.762. The van der Waals surface area contributed by atoms with Crippen LogP contribution in [0.25, 0.3) is 0 Å². The van der Waals surface area contributed by atoms with E-state index in [1.165, 1.54) is 0 Å². The van der Waals surface area contributed by atoms with E-state index in [2.05, 4.69) is 5.32 Å². The summed E-state index contributed by atoms with van der Waals surface area (Å²) in [5.41, 5.74) is 0.845. The van der Waals surface area contributed by atoms with Gasteiger partial charge in [0.1, 0.15) is 12.4 Å². The highest BCUT2D eigenvalue weighted by Gasteiger charge is 2.50. The molecule has 0 radical (unpaired) electrons. The van der Waals surface area contributed by atoms with Crippen LogP contribution in [0.15, 0.2) is 53.1 Å². The Morgan fingerprint density at radius 1 is 1.18 bits per heavy atom. The molecule has 116 valence electrons. The highest BCUT2D eigenvalue weighted by Crippen LogP contribution is 2.48. The van der Waals surface area contributed by atoms with Crippen molar-refractivity contribution in [3.8, 4) is 0 Å². The van der Waals surface area contributed by atoms with E-state index >= 15 is 0 Å². The molecule has 3 rings (SSSR count). The van der Waals surface area contributed by atoms with Gasteiger partial charge in [-0.05, 0) is 37.0 Å². The summed E-state index contributed by atoms with van der Waals surface area (Å²) < 4.78 is 10.7. The first kappa shape index (κ1) is 14.9. The highest BCUT2D eigenvalue weighted by atomic mass is 16.5. The van der Waals surface area contributed by atoms with E-state index in [0.717, 1.165) is 30.6 Å². The van der Waals surface area contributed by atoms with Crippen LogP contribution >= 0.6 is 0 Å². The van der Waals surface area contributed by atoms with Gasteiger partial charge in [-0.2, -0.15) is 0 Å².